The molecule has 0 bridgehead atoms. The first kappa shape index (κ1) is 19.9. The highest BCUT2D eigenvalue weighted by Crippen LogP contribution is 2.44. The molecule has 2 heterocycles. The minimum atomic E-state index is -0.627. The number of carbonyl (C=O) groups is 1. The molecule has 2 aromatic carbocycles. The fourth-order valence-corrected chi connectivity index (χ4v) is 3.65. The van der Waals surface area contributed by atoms with E-state index in [1.807, 2.05) is 26.0 Å². The molecule has 1 aliphatic rings. The number of hydrogen-bond acceptors (Lipinski definition) is 4. The summed E-state index contributed by atoms with van der Waals surface area (Å²) in [5, 5.41) is 2.74. The molecule has 4 rings (SSSR count). The van der Waals surface area contributed by atoms with Crippen LogP contribution < -0.4 is 14.8 Å². The Morgan fingerprint density at radius 2 is 2.03 bits per heavy atom. The van der Waals surface area contributed by atoms with Crippen molar-refractivity contribution in [1.29, 1.82) is 0 Å². The van der Waals surface area contributed by atoms with Crippen LogP contribution >= 0.6 is 0 Å². The molecule has 30 heavy (non-hydrogen) atoms. The van der Waals surface area contributed by atoms with Gasteiger partial charge in [-0.05, 0) is 32.0 Å². The number of rotatable bonds is 5. The molecular weight excluding hydrogens is 392 g/mol. The van der Waals surface area contributed by atoms with E-state index in [-0.39, 0.29) is 24.1 Å². The summed E-state index contributed by atoms with van der Waals surface area (Å²) in [6.07, 6.45) is 1.40. The number of nitrogens with one attached hydrogen (secondary N) is 1. The molecule has 156 valence electrons. The van der Waals surface area contributed by atoms with E-state index >= 15 is 0 Å². The minimum Gasteiger partial charge on any atom is -0.493 e. The van der Waals surface area contributed by atoms with Gasteiger partial charge >= 0.3 is 0 Å². The van der Waals surface area contributed by atoms with E-state index in [9.17, 15) is 13.6 Å². The second-order valence-electron chi connectivity index (χ2n) is 7.29. The molecule has 0 aliphatic carbocycles. The lowest BCUT2D eigenvalue weighted by Crippen LogP contribution is -2.25. The summed E-state index contributed by atoms with van der Waals surface area (Å²) in [4.78, 5) is 17.0. The highest BCUT2D eigenvalue weighted by molar-refractivity contribution is 5.94. The number of amides is 1. The summed E-state index contributed by atoms with van der Waals surface area (Å²) in [5.74, 6) is -0.526. The van der Waals surface area contributed by atoms with Crippen molar-refractivity contribution in [2.24, 2.45) is 0 Å². The van der Waals surface area contributed by atoms with Gasteiger partial charge in [0.05, 0.1) is 24.6 Å². The van der Waals surface area contributed by atoms with Gasteiger partial charge < -0.3 is 14.8 Å². The maximum Gasteiger partial charge on any atom is 0.226 e. The Balaban J connectivity index is 1.86. The van der Waals surface area contributed by atoms with Crippen LogP contribution in [0.4, 0.5) is 14.6 Å². The maximum atomic E-state index is 14.4. The fraction of sp³-hybridized carbons (Fsp3) is 0.273. The van der Waals surface area contributed by atoms with Crippen LogP contribution in [-0.2, 0) is 4.79 Å². The molecule has 1 atom stereocenters. The summed E-state index contributed by atoms with van der Waals surface area (Å²) in [5.41, 5.74) is 1.25. The number of benzene rings is 2. The van der Waals surface area contributed by atoms with E-state index in [1.54, 1.807) is 13.2 Å². The Hall–Kier alpha value is -3.42. The Morgan fingerprint density at radius 3 is 2.77 bits per heavy atom. The van der Waals surface area contributed by atoms with Crippen molar-refractivity contribution >= 4 is 11.7 Å². The van der Waals surface area contributed by atoms with Gasteiger partial charge in [0.1, 0.15) is 23.8 Å². The Labute approximate surface area is 172 Å². The molecule has 1 aromatic heterocycles. The van der Waals surface area contributed by atoms with Gasteiger partial charge in [0.15, 0.2) is 11.5 Å². The van der Waals surface area contributed by atoms with Gasteiger partial charge in [0.2, 0.25) is 5.91 Å². The van der Waals surface area contributed by atoms with Crippen molar-refractivity contribution in [2.45, 2.75) is 32.3 Å². The largest absolute Gasteiger partial charge is 0.493 e. The van der Waals surface area contributed by atoms with Crippen molar-refractivity contribution in [3.63, 3.8) is 0 Å². The van der Waals surface area contributed by atoms with Crippen molar-refractivity contribution in [3.8, 4) is 17.2 Å². The lowest BCUT2D eigenvalue weighted by Gasteiger charge is -2.26. The maximum absolute atomic E-state index is 14.4. The molecule has 1 amide bonds. The molecule has 8 heteroatoms. The third kappa shape index (κ3) is 3.49. The Morgan fingerprint density at radius 1 is 1.23 bits per heavy atom. The predicted octanol–water partition coefficient (Wildman–Crippen LogP) is 4.42. The second kappa shape index (κ2) is 7.78. The highest BCUT2D eigenvalue weighted by atomic mass is 19.1. The van der Waals surface area contributed by atoms with E-state index in [0.29, 0.717) is 23.0 Å². The lowest BCUT2D eigenvalue weighted by atomic mass is 9.89. The molecule has 0 fully saturated rings. The van der Waals surface area contributed by atoms with Crippen LogP contribution in [0.5, 0.6) is 11.5 Å². The van der Waals surface area contributed by atoms with Gasteiger partial charge in [-0.15, -0.1) is 0 Å². The molecule has 0 radical (unpaired) electrons. The van der Waals surface area contributed by atoms with Gasteiger partial charge in [0, 0.05) is 24.0 Å². The van der Waals surface area contributed by atoms with E-state index in [1.165, 1.54) is 10.9 Å². The predicted molar refractivity (Wildman–Crippen MR) is 107 cm³/mol. The number of ether oxygens (including phenoxy) is 2. The summed E-state index contributed by atoms with van der Waals surface area (Å²) in [7, 11) is 1.55. The lowest BCUT2D eigenvalue weighted by molar-refractivity contribution is -0.116. The topological polar surface area (TPSA) is 65.4 Å². The smallest absolute Gasteiger partial charge is 0.226 e. The van der Waals surface area contributed by atoms with Gasteiger partial charge in [-0.1, -0.05) is 12.1 Å². The van der Waals surface area contributed by atoms with Gasteiger partial charge in [-0.25, -0.2) is 13.8 Å². The van der Waals surface area contributed by atoms with E-state index in [4.69, 9.17) is 9.47 Å². The monoisotopic (exact) mass is 413 g/mol. The number of para-hydroxylation sites is 1. The summed E-state index contributed by atoms with van der Waals surface area (Å²) >= 11 is 0. The molecular formula is C22H21F2N3O3. The number of hydrogen-bond donors (Lipinski definition) is 1. The average molecular weight is 413 g/mol. The van der Waals surface area contributed by atoms with Crippen LogP contribution in [0.3, 0.4) is 0 Å². The number of aromatic nitrogens is 2. The number of halogens is 2. The van der Waals surface area contributed by atoms with Crippen LogP contribution in [0.25, 0.3) is 5.69 Å². The molecule has 0 spiro atoms. The number of nitrogens with zero attached hydrogens (tertiary/aromatic N) is 2. The fourth-order valence-electron chi connectivity index (χ4n) is 3.65. The van der Waals surface area contributed by atoms with Gasteiger partial charge in [-0.2, -0.15) is 0 Å². The third-order valence-electron chi connectivity index (χ3n) is 4.90. The zero-order valence-electron chi connectivity index (χ0n) is 16.8. The van der Waals surface area contributed by atoms with Crippen LogP contribution in [0.15, 0.2) is 42.7 Å². The van der Waals surface area contributed by atoms with Gasteiger partial charge in [-0.3, -0.25) is 9.36 Å². The van der Waals surface area contributed by atoms with Crippen LogP contribution in [-0.4, -0.2) is 28.7 Å². The first-order chi connectivity index (χ1) is 14.4. The highest BCUT2D eigenvalue weighted by Gasteiger charge is 2.34. The number of imidazole rings is 1. The molecule has 3 aromatic rings. The number of anilines is 1. The minimum absolute atomic E-state index is 0.0333. The Kier molecular flexibility index (Phi) is 5.15. The summed E-state index contributed by atoms with van der Waals surface area (Å²) in [6.45, 7) is 3.80. The molecule has 6 nitrogen and oxygen atoms in total. The quantitative estimate of drug-likeness (QED) is 0.673. The van der Waals surface area contributed by atoms with Crippen LogP contribution in [0.1, 0.15) is 37.4 Å². The van der Waals surface area contributed by atoms with Crippen molar-refractivity contribution in [2.75, 3.05) is 12.4 Å². The molecule has 0 saturated heterocycles. The second-order valence-corrected chi connectivity index (χ2v) is 7.29. The first-order valence-corrected chi connectivity index (χ1v) is 9.55. The number of methoxy groups -OCH3 is 1. The van der Waals surface area contributed by atoms with E-state index in [0.717, 1.165) is 23.8 Å². The van der Waals surface area contributed by atoms with Gasteiger partial charge in [0.25, 0.3) is 0 Å². The molecule has 1 unspecified atom stereocenters. The summed E-state index contributed by atoms with van der Waals surface area (Å²) < 4.78 is 40.9. The SMILES string of the molecule is COc1cccc(C2CC(=O)Nc3c2ncn3-c2cc(F)ccc2F)c1OC(C)C. The standard InChI is InChI=1S/C22H21F2N3O3/c1-12(2)30-21-14(5-4-6-18(21)29-3)15-10-19(28)26-22-20(15)25-11-27(22)17-9-13(23)7-8-16(17)24/h4-9,11-12,15H,10H2,1-3H3,(H,26,28). The van der Waals surface area contributed by atoms with Crippen molar-refractivity contribution in [1.82, 2.24) is 9.55 Å². The van der Waals surface area contributed by atoms with Crippen LogP contribution in [0, 0.1) is 11.6 Å². The molecule has 1 N–H and O–H groups in total. The van der Waals surface area contributed by atoms with Crippen LogP contribution in [0.2, 0.25) is 0 Å². The average Bonchev–Trinajstić information content (AvgIpc) is 3.12. The van der Waals surface area contributed by atoms with Crippen molar-refractivity contribution in [3.05, 3.63) is 65.6 Å². The third-order valence-corrected chi connectivity index (χ3v) is 4.90. The summed E-state index contributed by atoms with van der Waals surface area (Å²) in [6, 6.07) is 8.59. The Bertz CT molecular complexity index is 1110. The molecule has 0 saturated carbocycles. The van der Waals surface area contributed by atoms with E-state index in [2.05, 4.69) is 10.3 Å². The number of fused-ring (bicyclic) bond motifs is 1. The molecule has 1 aliphatic heterocycles. The van der Waals surface area contributed by atoms with E-state index < -0.39 is 17.6 Å². The number of carbonyl (C=O) groups excluding carboxylic acids is 1. The normalized spacial score (nSPS) is 15.7. The van der Waals surface area contributed by atoms with Crippen molar-refractivity contribution < 1.29 is 23.0 Å². The zero-order valence-corrected chi connectivity index (χ0v) is 16.8. The first-order valence-electron chi connectivity index (χ1n) is 9.55. The zero-order chi connectivity index (χ0) is 21.4.